The highest BCUT2D eigenvalue weighted by atomic mass is 16.5. The third-order valence-electron chi connectivity index (χ3n) is 5.27. The molecule has 0 saturated heterocycles. The summed E-state index contributed by atoms with van der Waals surface area (Å²) in [6.07, 6.45) is 11.2. The van der Waals surface area contributed by atoms with Crippen LogP contribution in [-0.2, 0) is 20.7 Å². The van der Waals surface area contributed by atoms with E-state index < -0.39 is 0 Å². The van der Waals surface area contributed by atoms with Crippen molar-refractivity contribution in [1.29, 1.82) is 0 Å². The number of benzene rings is 1. The maximum absolute atomic E-state index is 11.9. The lowest BCUT2D eigenvalue weighted by atomic mass is 10.1. The first-order chi connectivity index (χ1) is 14.9. The quantitative estimate of drug-likeness (QED) is 0.176. The number of aromatic hydroxyl groups is 2. The molecule has 0 spiro atoms. The Balaban J connectivity index is 1.88. The fourth-order valence-electron chi connectivity index (χ4n) is 3.23. The minimum absolute atomic E-state index is 0.00953. The molecule has 0 fully saturated rings. The van der Waals surface area contributed by atoms with Gasteiger partial charge in [0.1, 0.15) is 0 Å². The zero-order valence-electron chi connectivity index (χ0n) is 19.3. The van der Waals surface area contributed by atoms with Crippen molar-refractivity contribution in [2.75, 3.05) is 13.2 Å². The van der Waals surface area contributed by atoms with Crippen molar-refractivity contribution >= 4 is 11.9 Å². The molecule has 0 aliphatic heterocycles. The molecule has 6 heteroatoms. The molecule has 3 N–H and O–H groups in total. The maximum atomic E-state index is 11.9. The average Bonchev–Trinajstić information content (AvgIpc) is 2.72. The molecule has 1 aromatic rings. The molecule has 1 aromatic carbocycles. The van der Waals surface area contributed by atoms with E-state index in [0.717, 1.165) is 44.1 Å². The molecule has 0 unspecified atom stereocenters. The van der Waals surface area contributed by atoms with Gasteiger partial charge in [0, 0.05) is 19.4 Å². The normalized spacial score (nSPS) is 10.9. The van der Waals surface area contributed by atoms with Crippen molar-refractivity contribution in [1.82, 2.24) is 5.32 Å². The predicted molar refractivity (Wildman–Crippen MR) is 123 cm³/mol. The smallest absolute Gasteiger partial charge is 0.305 e. The van der Waals surface area contributed by atoms with E-state index in [4.69, 9.17) is 4.74 Å². The van der Waals surface area contributed by atoms with Gasteiger partial charge in [-0.2, -0.15) is 0 Å². The summed E-state index contributed by atoms with van der Waals surface area (Å²) in [7, 11) is 0. The molecular formula is C25H41NO5. The van der Waals surface area contributed by atoms with E-state index in [1.54, 1.807) is 6.07 Å². The van der Waals surface area contributed by atoms with Crippen molar-refractivity contribution in [3.63, 3.8) is 0 Å². The Morgan fingerprint density at radius 2 is 1.55 bits per heavy atom. The molecule has 0 saturated carbocycles. The highest BCUT2D eigenvalue weighted by Gasteiger charge is 2.05. The molecule has 1 rings (SSSR count). The summed E-state index contributed by atoms with van der Waals surface area (Å²) in [5.74, 6) is 0.207. The Hall–Kier alpha value is -2.24. The Morgan fingerprint density at radius 3 is 2.19 bits per heavy atom. The van der Waals surface area contributed by atoms with E-state index in [1.807, 2.05) is 0 Å². The SMILES string of the molecule is CC(C)CCOC(=O)CCCCCCCCCCNC(=O)CCc1ccc(O)c(O)c1. The van der Waals surface area contributed by atoms with Crippen LogP contribution in [-0.4, -0.2) is 35.2 Å². The Bertz CT molecular complexity index is 645. The number of nitrogens with one attached hydrogen (secondary N) is 1. The number of esters is 1. The van der Waals surface area contributed by atoms with Crippen LogP contribution in [0.1, 0.15) is 90.0 Å². The van der Waals surface area contributed by atoms with Gasteiger partial charge in [0.05, 0.1) is 6.61 Å². The minimum atomic E-state index is -0.155. The molecule has 6 nitrogen and oxygen atoms in total. The molecule has 0 aliphatic rings. The summed E-state index contributed by atoms with van der Waals surface area (Å²) < 4.78 is 5.21. The lowest BCUT2D eigenvalue weighted by molar-refractivity contribution is -0.144. The number of hydrogen-bond acceptors (Lipinski definition) is 5. The minimum Gasteiger partial charge on any atom is -0.504 e. The van der Waals surface area contributed by atoms with Crippen LogP contribution in [0.4, 0.5) is 0 Å². The number of ether oxygens (including phenoxy) is 1. The van der Waals surface area contributed by atoms with Crippen molar-refractivity contribution in [3.8, 4) is 11.5 Å². The van der Waals surface area contributed by atoms with Crippen molar-refractivity contribution < 1.29 is 24.5 Å². The average molecular weight is 436 g/mol. The predicted octanol–water partition coefficient (Wildman–Crippen LogP) is 5.25. The van der Waals surface area contributed by atoms with E-state index in [-0.39, 0.29) is 23.4 Å². The van der Waals surface area contributed by atoms with Crippen LogP contribution >= 0.6 is 0 Å². The van der Waals surface area contributed by atoms with Gasteiger partial charge >= 0.3 is 5.97 Å². The summed E-state index contributed by atoms with van der Waals surface area (Å²) in [6, 6.07) is 4.63. The first-order valence-electron chi connectivity index (χ1n) is 11.8. The lowest BCUT2D eigenvalue weighted by Crippen LogP contribution is -2.24. The molecule has 0 bridgehead atoms. The first kappa shape index (κ1) is 26.8. The van der Waals surface area contributed by atoms with Gasteiger partial charge in [-0.15, -0.1) is 0 Å². The topological polar surface area (TPSA) is 95.9 Å². The maximum Gasteiger partial charge on any atom is 0.305 e. The molecule has 176 valence electrons. The van der Waals surface area contributed by atoms with E-state index in [1.165, 1.54) is 31.4 Å². The zero-order valence-corrected chi connectivity index (χ0v) is 19.3. The number of phenolic OH excluding ortho intramolecular Hbond substituents is 2. The fourth-order valence-corrected chi connectivity index (χ4v) is 3.23. The van der Waals surface area contributed by atoms with E-state index in [9.17, 15) is 19.8 Å². The third kappa shape index (κ3) is 14.4. The van der Waals surface area contributed by atoms with Gasteiger partial charge in [0.25, 0.3) is 0 Å². The molecule has 0 radical (unpaired) electrons. The van der Waals surface area contributed by atoms with Crippen LogP contribution in [0.2, 0.25) is 0 Å². The molecule has 31 heavy (non-hydrogen) atoms. The first-order valence-corrected chi connectivity index (χ1v) is 11.8. The molecular weight excluding hydrogens is 394 g/mol. The van der Waals surface area contributed by atoms with E-state index in [0.29, 0.717) is 38.3 Å². The number of unbranched alkanes of at least 4 members (excludes halogenated alkanes) is 7. The third-order valence-corrected chi connectivity index (χ3v) is 5.27. The van der Waals surface area contributed by atoms with Crippen LogP contribution < -0.4 is 5.32 Å². The monoisotopic (exact) mass is 435 g/mol. The highest BCUT2D eigenvalue weighted by molar-refractivity contribution is 5.76. The number of phenols is 2. The van der Waals surface area contributed by atoms with Gasteiger partial charge in [0.2, 0.25) is 5.91 Å². The summed E-state index contributed by atoms with van der Waals surface area (Å²) in [5.41, 5.74) is 0.827. The highest BCUT2D eigenvalue weighted by Crippen LogP contribution is 2.25. The number of rotatable bonds is 17. The van der Waals surface area contributed by atoms with Gasteiger partial charge in [-0.05, 0) is 49.3 Å². The number of aryl methyl sites for hydroxylation is 1. The Kier molecular flexibility index (Phi) is 14.2. The second kappa shape index (κ2) is 16.5. The number of amides is 1. The number of carbonyl (C=O) groups excluding carboxylic acids is 2. The van der Waals surface area contributed by atoms with Gasteiger partial charge in [-0.25, -0.2) is 0 Å². The molecule has 1 amide bonds. The van der Waals surface area contributed by atoms with Crippen LogP contribution in [0.3, 0.4) is 0 Å². The van der Waals surface area contributed by atoms with Crippen molar-refractivity contribution in [2.45, 2.75) is 90.9 Å². The zero-order chi connectivity index (χ0) is 22.9. The van der Waals surface area contributed by atoms with Gasteiger partial charge in [-0.3, -0.25) is 9.59 Å². The molecule has 0 aromatic heterocycles. The van der Waals surface area contributed by atoms with Crippen molar-refractivity contribution in [2.24, 2.45) is 5.92 Å². The number of hydrogen-bond donors (Lipinski definition) is 3. The Morgan fingerprint density at radius 1 is 0.903 bits per heavy atom. The van der Waals surface area contributed by atoms with Crippen molar-refractivity contribution in [3.05, 3.63) is 23.8 Å². The summed E-state index contributed by atoms with van der Waals surface area (Å²) in [6.45, 7) is 5.48. The molecule has 0 heterocycles. The molecule has 0 aliphatic carbocycles. The largest absolute Gasteiger partial charge is 0.504 e. The Labute approximate surface area is 187 Å². The van der Waals surface area contributed by atoms with Crippen LogP contribution in [0.25, 0.3) is 0 Å². The fraction of sp³-hybridized carbons (Fsp3) is 0.680. The van der Waals surface area contributed by atoms with Gasteiger partial charge in [0.15, 0.2) is 11.5 Å². The lowest BCUT2D eigenvalue weighted by Gasteiger charge is -2.07. The summed E-state index contributed by atoms with van der Waals surface area (Å²) in [5, 5.41) is 21.7. The van der Waals surface area contributed by atoms with Gasteiger partial charge < -0.3 is 20.3 Å². The van der Waals surface area contributed by atoms with Crippen LogP contribution in [0, 0.1) is 5.92 Å². The second-order valence-corrected chi connectivity index (χ2v) is 8.65. The number of carbonyl (C=O) groups is 2. The van der Waals surface area contributed by atoms with E-state index >= 15 is 0 Å². The van der Waals surface area contributed by atoms with E-state index in [2.05, 4.69) is 19.2 Å². The van der Waals surface area contributed by atoms with Gasteiger partial charge in [-0.1, -0.05) is 58.4 Å². The standard InChI is InChI=1S/C25H41NO5/c1-20(2)16-18-31-25(30)11-9-7-5-3-4-6-8-10-17-26-24(29)15-13-21-12-14-22(27)23(28)19-21/h12,14,19-20,27-28H,3-11,13,15-18H2,1-2H3,(H,26,29). The molecule has 0 atom stereocenters. The van der Waals surface area contributed by atoms with Crippen LogP contribution in [0.15, 0.2) is 18.2 Å². The summed E-state index contributed by atoms with van der Waals surface area (Å²) in [4.78, 5) is 23.5. The summed E-state index contributed by atoms with van der Waals surface area (Å²) >= 11 is 0. The van der Waals surface area contributed by atoms with Crippen LogP contribution in [0.5, 0.6) is 11.5 Å². The second-order valence-electron chi connectivity index (χ2n) is 8.65.